The first-order valence-corrected chi connectivity index (χ1v) is 16.8. The summed E-state index contributed by atoms with van der Waals surface area (Å²) in [5, 5.41) is 48.7. The van der Waals surface area contributed by atoms with Crippen LogP contribution < -0.4 is 21.6 Å². The van der Waals surface area contributed by atoms with Gasteiger partial charge in [0.25, 0.3) is 0 Å². The van der Waals surface area contributed by atoms with Crippen LogP contribution in [0.25, 0.3) is 0 Å². The summed E-state index contributed by atoms with van der Waals surface area (Å²) in [5.74, 6) is -2.73. The van der Waals surface area contributed by atoms with Gasteiger partial charge in [-0.05, 0) is 64.0 Å². The van der Waals surface area contributed by atoms with E-state index in [1.54, 1.807) is 0 Å². The first kappa shape index (κ1) is 43.6. The van der Waals surface area contributed by atoms with Crippen LogP contribution in [0.4, 0.5) is 0 Å². The number of nitrogens with zero attached hydrogens (tertiary/aromatic N) is 5. The number of hydroxylamine groups is 6. The molecule has 0 aliphatic heterocycles. The zero-order valence-electron chi connectivity index (χ0n) is 28.7. The van der Waals surface area contributed by atoms with Gasteiger partial charge in [-0.15, -0.1) is 4.73 Å². The summed E-state index contributed by atoms with van der Waals surface area (Å²) in [6, 6.07) is 1.23. The fourth-order valence-electron chi connectivity index (χ4n) is 4.46. The van der Waals surface area contributed by atoms with Crippen LogP contribution in [0, 0.1) is 0 Å². The maximum absolute atomic E-state index is 12.1. The van der Waals surface area contributed by atoms with Gasteiger partial charge in [0.05, 0.1) is 6.54 Å². The van der Waals surface area contributed by atoms with Crippen molar-refractivity contribution in [2.75, 3.05) is 45.8 Å². The lowest BCUT2D eigenvalue weighted by molar-refractivity contribution is -0.166. The van der Waals surface area contributed by atoms with Crippen LogP contribution in [0.1, 0.15) is 101 Å². The predicted molar refractivity (Wildman–Crippen MR) is 175 cm³/mol. The van der Waals surface area contributed by atoms with E-state index >= 15 is 0 Å². The molecule has 0 unspecified atom stereocenters. The standard InChI is InChI=1S/C31H52N8O11/c1-24(40)36(47)20-8-3-6-17-33-27(42)12-14-30(45)38(49)22-10-4-7-18-34-28(43)11-13-29(44)37(48)21-9-2-5-16-32-23-26(41)25-15-19-35-31(46)39(25)50/h15,19,32,47-50H,2-14,16-18,20-23H2,1H3,(H,33,42)(H,34,43). The van der Waals surface area contributed by atoms with Gasteiger partial charge in [-0.25, -0.2) is 20.0 Å². The summed E-state index contributed by atoms with van der Waals surface area (Å²) in [6.45, 7) is 2.75. The topological polar surface area (TPSA) is 264 Å². The molecule has 1 aromatic heterocycles. The number of nitrogens with one attached hydrogen (secondary N) is 3. The van der Waals surface area contributed by atoms with Gasteiger partial charge in [0.1, 0.15) is 5.69 Å². The van der Waals surface area contributed by atoms with Gasteiger partial charge in [-0.2, -0.15) is 4.98 Å². The maximum atomic E-state index is 12.1. The Balaban J connectivity index is 2.01. The fraction of sp³-hybridized carbons (Fsp3) is 0.677. The molecule has 5 amide bonds. The van der Waals surface area contributed by atoms with Gasteiger partial charge in [-0.3, -0.25) is 44.4 Å². The summed E-state index contributed by atoms with van der Waals surface area (Å²) in [7, 11) is 0. The van der Waals surface area contributed by atoms with E-state index in [-0.39, 0.29) is 74.1 Å². The third kappa shape index (κ3) is 19.5. The molecule has 282 valence electrons. The van der Waals surface area contributed by atoms with E-state index < -0.39 is 29.2 Å². The number of ketones is 1. The van der Waals surface area contributed by atoms with E-state index in [1.807, 2.05) is 0 Å². The van der Waals surface area contributed by atoms with Crippen molar-refractivity contribution < 1.29 is 49.6 Å². The Bertz CT molecular complexity index is 1290. The third-order valence-corrected chi connectivity index (χ3v) is 7.43. The van der Waals surface area contributed by atoms with Crippen molar-refractivity contribution in [1.29, 1.82) is 0 Å². The van der Waals surface area contributed by atoms with Crippen molar-refractivity contribution >= 4 is 35.3 Å². The summed E-state index contributed by atoms with van der Waals surface area (Å²) in [4.78, 5) is 85.7. The second-order valence-electron chi connectivity index (χ2n) is 11.6. The molecule has 0 saturated heterocycles. The van der Waals surface area contributed by atoms with Crippen molar-refractivity contribution in [1.82, 2.24) is 40.9 Å². The van der Waals surface area contributed by atoms with Crippen LogP contribution in [0.15, 0.2) is 17.1 Å². The highest BCUT2D eigenvalue weighted by Gasteiger charge is 2.15. The Morgan fingerprint density at radius 3 is 1.62 bits per heavy atom. The quantitative estimate of drug-likeness (QED) is 0.0212. The Kier molecular flexibility index (Phi) is 22.2. The highest BCUT2D eigenvalue weighted by Crippen LogP contribution is 2.04. The SMILES string of the molecule is CC(=O)N(O)CCCCCNC(=O)CCC(=O)N(O)CCCCCNC(=O)CCC(=O)N(O)CCCCCNCC(=O)c1ccnc(=O)n1O. The van der Waals surface area contributed by atoms with E-state index in [0.29, 0.717) is 92.6 Å². The van der Waals surface area contributed by atoms with E-state index in [9.17, 15) is 54.4 Å². The van der Waals surface area contributed by atoms with Crippen LogP contribution in [0.2, 0.25) is 0 Å². The van der Waals surface area contributed by atoms with E-state index in [2.05, 4.69) is 20.9 Å². The lowest BCUT2D eigenvalue weighted by Crippen LogP contribution is -2.32. The Morgan fingerprint density at radius 1 is 0.680 bits per heavy atom. The minimum Gasteiger partial charge on any atom is -0.423 e. The highest BCUT2D eigenvalue weighted by molar-refractivity contribution is 5.95. The summed E-state index contributed by atoms with van der Waals surface area (Å²) in [5.41, 5.74) is -1.12. The van der Waals surface area contributed by atoms with Crippen molar-refractivity contribution in [2.24, 2.45) is 0 Å². The molecule has 1 heterocycles. The van der Waals surface area contributed by atoms with Crippen LogP contribution in [0.5, 0.6) is 0 Å². The molecule has 0 aliphatic rings. The predicted octanol–water partition coefficient (Wildman–Crippen LogP) is 0.230. The number of hydrogen-bond donors (Lipinski definition) is 7. The van der Waals surface area contributed by atoms with Crippen molar-refractivity contribution in [3.8, 4) is 0 Å². The minimum atomic E-state index is -0.946. The molecule has 1 rings (SSSR count). The molecule has 0 fully saturated rings. The number of carbonyl (C=O) groups is 6. The molecule has 0 atom stereocenters. The lowest BCUT2D eigenvalue weighted by Gasteiger charge is -2.15. The molecule has 19 heteroatoms. The average molecular weight is 713 g/mol. The molecule has 0 radical (unpaired) electrons. The van der Waals surface area contributed by atoms with Crippen molar-refractivity contribution in [3.63, 3.8) is 0 Å². The molecule has 7 N–H and O–H groups in total. The number of carbonyl (C=O) groups excluding carboxylic acids is 6. The normalized spacial score (nSPS) is 10.7. The Labute approximate surface area is 290 Å². The minimum absolute atomic E-state index is 0.0658. The second kappa shape index (κ2) is 25.5. The fourth-order valence-corrected chi connectivity index (χ4v) is 4.46. The molecular weight excluding hydrogens is 660 g/mol. The second-order valence-corrected chi connectivity index (χ2v) is 11.6. The van der Waals surface area contributed by atoms with Gasteiger partial charge in [-0.1, -0.05) is 6.42 Å². The smallest absolute Gasteiger partial charge is 0.380 e. The maximum Gasteiger partial charge on any atom is 0.380 e. The van der Waals surface area contributed by atoms with Crippen LogP contribution >= 0.6 is 0 Å². The molecule has 19 nitrogen and oxygen atoms in total. The lowest BCUT2D eigenvalue weighted by atomic mass is 10.2. The molecule has 50 heavy (non-hydrogen) atoms. The number of aromatic nitrogens is 2. The number of Topliss-reactive ketones (excluding diaryl/α,β-unsaturated/α-hetero) is 1. The molecule has 0 aliphatic carbocycles. The zero-order chi connectivity index (χ0) is 37.3. The van der Waals surface area contributed by atoms with Crippen molar-refractivity contribution in [3.05, 3.63) is 28.4 Å². The molecule has 0 saturated carbocycles. The zero-order valence-corrected chi connectivity index (χ0v) is 28.7. The Morgan fingerprint density at radius 2 is 1.14 bits per heavy atom. The van der Waals surface area contributed by atoms with Crippen LogP contribution in [-0.2, 0) is 24.0 Å². The first-order chi connectivity index (χ1) is 23.8. The molecule has 0 bridgehead atoms. The summed E-state index contributed by atoms with van der Waals surface area (Å²) >= 11 is 0. The van der Waals surface area contributed by atoms with Gasteiger partial charge in [0.15, 0.2) is 5.78 Å². The Hall–Kier alpha value is -4.46. The molecule has 0 spiro atoms. The van der Waals surface area contributed by atoms with Gasteiger partial charge in [0, 0.05) is 71.5 Å². The first-order valence-electron chi connectivity index (χ1n) is 16.8. The van der Waals surface area contributed by atoms with E-state index in [4.69, 9.17) is 0 Å². The van der Waals surface area contributed by atoms with E-state index in [0.717, 1.165) is 6.20 Å². The number of hydrogen-bond acceptors (Lipinski definition) is 13. The number of unbranched alkanes of at least 4 members (excludes halogenated alkanes) is 6. The molecular formula is C31H52N8O11. The van der Waals surface area contributed by atoms with Crippen LogP contribution in [-0.4, -0.2) is 127 Å². The molecule has 1 aromatic rings. The molecule has 0 aromatic carbocycles. The van der Waals surface area contributed by atoms with Gasteiger partial charge < -0.3 is 21.2 Å². The summed E-state index contributed by atoms with van der Waals surface area (Å²) < 4.78 is 0.191. The van der Waals surface area contributed by atoms with Gasteiger partial charge in [0.2, 0.25) is 29.5 Å². The van der Waals surface area contributed by atoms with E-state index in [1.165, 1.54) is 13.0 Å². The van der Waals surface area contributed by atoms with Crippen molar-refractivity contribution in [2.45, 2.75) is 90.4 Å². The number of amides is 5. The largest absolute Gasteiger partial charge is 0.423 e. The number of rotatable bonds is 27. The average Bonchev–Trinajstić information content (AvgIpc) is 3.09. The van der Waals surface area contributed by atoms with Gasteiger partial charge >= 0.3 is 5.69 Å². The third-order valence-electron chi connectivity index (χ3n) is 7.43. The summed E-state index contributed by atoms with van der Waals surface area (Å²) in [6.07, 6.45) is 6.06. The monoisotopic (exact) mass is 712 g/mol. The highest BCUT2D eigenvalue weighted by atomic mass is 16.5. The van der Waals surface area contributed by atoms with Crippen LogP contribution in [0.3, 0.4) is 0 Å².